The summed E-state index contributed by atoms with van der Waals surface area (Å²) in [5, 5.41) is 3.73. The first-order chi connectivity index (χ1) is 8.66. The molecule has 0 saturated carbocycles. The number of carbonyl (C=O) groups excluding carboxylic acids is 1. The third-order valence-corrected chi connectivity index (χ3v) is 3.38. The summed E-state index contributed by atoms with van der Waals surface area (Å²) >= 11 is 5.95. The number of nitrogens with one attached hydrogen (secondary N) is 1. The summed E-state index contributed by atoms with van der Waals surface area (Å²) in [4.78, 5) is 11.0. The summed E-state index contributed by atoms with van der Waals surface area (Å²) in [7, 11) is 0. The summed E-state index contributed by atoms with van der Waals surface area (Å²) in [6.45, 7) is 1.67. The third kappa shape index (κ3) is 3.37. The number of piperidine rings is 1. The summed E-state index contributed by atoms with van der Waals surface area (Å²) in [5.41, 5.74) is 5.50. The van der Waals surface area contributed by atoms with Crippen molar-refractivity contribution in [1.29, 1.82) is 0 Å². The molecular formula is C13H17ClN2O2. The average molecular weight is 269 g/mol. The topological polar surface area (TPSA) is 64.4 Å². The Kier molecular flexibility index (Phi) is 4.44. The van der Waals surface area contributed by atoms with Crippen molar-refractivity contribution in [2.75, 3.05) is 13.2 Å². The van der Waals surface area contributed by atoms with Crippen LogP contribution in [0.5, 0.6) is 5.75 Å². The van der Waals surface area contributed by atoms with Crippen LogP contribution in [0, 0.1) is 0 Å². The lowest BCUT2D eigenvalue weighted by Gasteiger charge is -2.23. The van der Waals surface area contributed by atoms with Gasteiger partial charge in [-0.25, -0.2) is 0 Å². The molecule has 1 aliphatic heterocycles. The molecule has 2 rings (SSSR count). The van der Waals surface area contributed by atoms with Crippen LogP contribution in [0.1, 0.15) is 29.6 Å². The molecule has 0 aromatic heterocycles. The lowest BCUT2D eigenvalue weighted by atomic mass is 10.1. The lowest BCUT2D eigenvalue weighted by molar-refractivity contribution is 0.100. The van der Waals surface area contributed by atoms with Crippen molar-refractivity contribution in [3.05, 3.63) is 28.8 Å². The molecule has 1 aliphatic rings. The fourth-order valence-electron chi connectivity index (χ4n) is 2.05. The second-order valence-corrected chi connectivity index (χ2v) is 4.87. The molecule has 0 spiro atoms. The number of hydrogen-bond acceptors (Lipinski definition) is 3. The molecule has 1 fully saturated rings. The predicted molar refractivity (Wildman–Crippen MR) is 71.1 cm³/mol. The van der Waals surface area contributed by atoms with E-state index in [1.807, 2.05) is 0 Å². The number of ether oxygens (including phenoxy) is 1. The molecule has 0 bridgehead atoms. The van der Waals surface area contributed by atoms with Crippen LogP contribution in [0.15, 0.2) is 18.2 Å². The highest BCUT2D eigenvalue weighted by Gasteiger charge is 2.13. The number of rotatable bonds is 4. The zero-order valence-electron chi connectivity index (χ0n) is 10.1. The van der Waals surface area contributed by atoms with E-state index in [0.29, 0.717) is 29.0 Å². The van der Waals surface area contributed by atoms with Gasteiger partial charge in [0.25, 0.3) is 0 Å². The Labute approximate surface area is 111 Å². The first kappa shape index (κ1) is 13.2. The van der Waals surface area contributed by atoms with Gasteiger partial charge in [0.1, 0.15) is 12.4 Å². The number of primary amides is 1. The fraction of sp³-hybridized carbons (Fsp3) is 0.462. The van der Waals surface area contributed by atoms with E-state index < -0.39 is 5.91 Å². The molecule has 1 amide bonds. The first-order valence-corrected chi connectivity index (χ1v) is 6.50. The van der Waals surface area contributed by atoms with Crippen molar-refractivity contribution in [3.63, 3.8) is 0 Å². The summed E-state index contributed by atoms with van der Waals surface area (Å²) < 4.78 is 5.66. The molecule has 1 unspecified atom stereocenters. The van der Waals surface area contributed by atoms with E-state index in [1.54, 1.807) is 18.2 Å². The zero-order chi connectivity index (χ0) is 13.0. The van der Waals surface area contributed by atoms with E-state index in [0.717, 1.165) is 13.0 Å². The number of amides is 1. The summed E-state index contributed by atoms with van der Waals surface area (Å²) in [6, 6.07) is 5.33. The second kappa shape index (κ2) is 6.07. The van der Waals surface area contributed by atoms with Gasteiger partial charge in [-0.2, -0.15) is 0 Å². The highest BCUT2D eigenvalue weighted by atomic mass is 35.5. The minimum Gasteiger partial charge on any atom is -0.492 e. The lowest BCUT2D eigenvalue weighted by Crippen LogP contribution is -2.38. The average Bonchev–Trinajstić information content (AvgIpc) is 2.37. The largest absolute Gasteiger partial charge is 0.492 e. The molecular weight excluding hydrogens is 252 g/mol. The summed E-state index contributed by atoms with van der Waals surface area (Å²) in [6.07, 6.45) is 3.60. The van der Waals surface area contributed by atoms with Crippen LogP contribution in [0.2, 0.25) is 5.02 Å². The minimum atomic E-state index is -0.527. The van der Waals surface area contributed by atoms with Gasteiger partial charge < -0.3 is 15.8 Å². The van der Waals surface area contributed by atoms with Crippen LogP contribution in [-0.2, 0) is 0 Å². The molecule has 1 saturated heterocycles. The molecule has 98 valence electrons. The van der Waals surface area contributed by atoms with Gasteiger partial charge in [-0.15, -0.1) is 0 Å². The van der Waals surface area contributed by atoms with Gasteiger partial charge in [-0.3, -0.25) is 4.79 Å². The molecule has 4 nitrogen and oxygen atoms in total. The van der Waals surface area contributed by atoms with Crippen LogP contribution in [0.4, 0.5) is 0 Å². The van der Waals surface area contributed by atoms with Crippen LogP contribution in [0.25, 0.3) is 0 Å². The maximum atomic E-state index is 11.0. The molecule has 1 aromatic rings. The van der Waals surface area contributed by atoms with Gasteiger partial charge in [0.2, 0.25) is 5.91 Å². The van der Waals surface area contributed by atoms with E-state index in [-0.39, 0.29) is 0 Å². The second-order valence-electron chi connectivity index (χ2n) is 4.46. The molecule has 1 aromatic carbocycles. The van der Waals surface area contributed by atoms with Crippen molar-refractivity contribution in [2.24, 2.45) is 5.73 Å². The molecule has 0 aliphatic carbocycles. The Morgan fingerprint density at radius 3 is 2.94 bits per heavy atom. The highest BCUT2D eigenvalue weighted by molar-refractivity contribution is 6.33. The van der Waals surface area contributed by atoms with Gasteiger partial charge in [0, 0.05) is 6.04 Å². The third-order valence-electron chi connectivity index (χ3n) is 3.07. The van der Waals surface area contributed by atoms with Gasteiger partial charge in [0.05, 0.1) is 10.6 Å². The van der Waals surface area contributed by atoms with E-state index in [1.165, 1.54) is 12.8 Å². The Bertz CT molecular complexity index is 431. The Morgan fingerprint density at radius 1 is 1.50 bits per heavy atom. The van der Waals surface area contributed by atoms with Crippen molar-refractivity contribution in [3.8, 4) is 5.75 Å². The Hall–Kier alpha value is -1.26. The number of nitrogens with two attached hydrogens (primary N) is 1. The Balaban J connectivity index is 1.93. The van der Waals surface area contributed by atoms with Gasteiger partial charge >= 0.3 is 0 Å². The van der Waals surface area contributed by atoms with Crippen LogP contribution in [-0.4, -0.2) is 25.1 Å². The number of hydrogen-bond donors (Lipinski definition) is 2. The smallest absolute Gasteiger partial charge is 0.250 e. The van der Waals surface area contributed by atoms with E-state index in [4.69, 9.17) is 22.1 Å². The maximum absolute atomic E-state index is 11.0. The molecule has 5 heteroatoms. The van der Waals surface area contributed by atoms with Crippen molar-refractivity contribution < 1.29 is 9.53 Å². The number of halogens is 1. The van der Waals surface area contributed by atoms with E-state index in [9.17, 15) is 4.79 Å². The zero-order valence-corrected chi connectivity index (χ0v) is 10.9. The van der Waals surface area contributed by atoms with Crippen LogP contribution < -0.4 is 15.8 Å². The van der Waals surface area contributed by atoms with Gasteiger partial charge in [0.15, 0.2) is 0 Å². The maximum Gasteiger partial charge on any atom is 0.250 e. The Morgan fingerprint density at radius 2 is 2.33 bits per heavy atom. The summed E-state index contributed by atoms with van der Waals surface area (Å²) in [5.74, 6) is 0.137. The minimum absolute atomic E-state index is 0.319. The first-order valence-electron chi connectivity index (χ1n) is 6.12. The highest BCUT2D eigenvalue weighted by Crippen LogP contribution is 2.22. The molecule has 1 atom stereocenters. The molecule has 18 heavy (non-hydrogen) atoms. The standard InChI is InChI=1S/C13H17ClN2O2/c14-12-7-10(4-5-11(12)13(15)17)18-8-9-3-1-2-6-16-9/h4-5,7,9,16H,1-3,6,8H2,(H2,15,17). The monoisotopic (exact) mass is 268 g/mol. The van der Waals surface area contributed by atoms with Crippen LogP contribution in [0.3, 0.4) is 0 Å². The van der Waals surface area contributed by atoms with Gasteiger partial charge in [-0.05, 0) is 37.6 Å². The van der Waals surface area contributed by atoms with Crippen molar-refractivity contribution >= 4 is 17.5 Å². The predicted octanol–water partition coefficient (Wildman–Crippen LogP) is 1.96. The van der Waals surface area contributed by atoms with E-state index in [2.05, 4.69) is 5.32 Å². The fourth-order valence-corrected chi connectivity index (χ4v) is 2.31. The van der Waals surface area contributed by atoms with Crippen molar-refractivity contribution in [1.82, 2.24) is 5.32 Å². The molecule has 3 N–H and O–H groups in total. The van der Waals surface area contributed by atoms with Crippen LogP contribution >= 0.6 is 11.6 Å². The van der Waals surface area contributed by atoms with E-state index >= 15 is 0 Å². The SMILES string of the molecule is NC(=O)c1ccc(OCC2CCCCN2)cc1Cl. The molecule has 0 radical (unpaired) electrons. The number of benzene rings is 1. The van der Waals surface area contributed by atoms with Crippen molar-refractivity contribution in [2.45, 2.75) is 25.3 Å². The quantitative estimate of drug-likeness (QED) is 0.877. The van der Waals surface area contributed by atoms with Gasteiger partial charge in [-0.1, -0.05) is 18.0 Å². The normalized spacial score (nSPS) is 19.5. The number of carbonyl (C=O) groups is 1. The molecule has 1 heterocycles.